The van der Waals surface area contributed by atoms with Crippen LogP contribution in [0.5, 0.6) is 0 Å². The van der Waals surface area contributed by atoms with Crippen LogP contribution in [0.25, 0.3) is 0 Å². The Kier molecular flexibility index (Phi) is 7.72. The summed E-state index contributed by atoms with van der Waals surface area (Å²) >= 11 is 0. The predicted octanol–water partition coefficient (Wildman–Crippen LogP) is 7.61. The molecule has 0 fully saturated rings. The van der Waals surface area contributed by atoms with E-state index in [1.165, 1.54) is 21.6 Å². The molecule has 0 aliphatic heterocycles. The van der Waals surface area contributed by atoms with Crippen molar-refractivity contribution in [2.45, 2.75) is 23.6 Å². The van der Waals surface area contributed by atoms with E-state index in [0.717, 1.165) is 32.3 Å². The molecule has 0 saturated heterocycles. The lowest BCUT2D eigenvalue weighted by Crippen LogP contribution is -2.13. The first-order valence-electron chi connectivity index (χ1n) is 10.8. The first kappa shape index (κ1) is 23.7. The fourth-order valence-corrected chi connectivity index (χ4v) is 5.57. The Morgan fingerprint density at radius 1 is 0.529 bits per heavy atom. The number of anilines is 2. The standard InChI is InChI=1S/C28H24N2O2S2/c1-19-11-15-21(16-12-19)29-27(31)23-7-3-5-9-25(23)33-34-26-10-6-4-8-24(26)28(32)30-22-17-13-20(2)14-18-22/h3-18H,1-2H3,(H,29,31)(H,30,32). The molecule has 0 aromatic heterocycles. The van der Waals surface area contributed by atoms with Crippen LogP contribution in [-0.4, -0.2) is 11.8 Å². The maximum atomic E-state index is 12.9. The van der Waals surface area contributed by atoms with Crippen LogP contribution in [0.4, 0.5) is 11.4 Å². The first-order chi connectivity index (χ1) is 16.5. The third-order valence-electron chi connectivity index (χ3n) is 5.10. The van der Waals surface area contributed by atoms with Crippen molar-refractivity contribution in [2.75, 3.05) is 10.6 Å². The van der Waals surface area contributed by atoms with Crippen LogP contribution >= 0.6 is 21.6 Å². The van der Waals surface area contributed by atoms with Crippen LogP contribution in [0.2, 0.25) is 0 Å². The molecule has 170 valence electrons. The van der Waals surface area contributed by atoms with Crippen LogP contribution in [-0.2, 0) is 0 Å². The highest BCUT2D eigenvalue weighted by Gasteiger charge is 2.16. The van der Waals surface area contributed by atoms with Gasteiger partial charge in [-0.2, -0.15) is 0 Å². The van der Waals surface area contributed by atoms with Crippen molar-refractivity contribution in [3.8, 4) is 0 Å². The van der Waals surface area contributed by atoms with E-state index in [1.54, 1.807) is 0 Å². The summed E-state index contributed by atoms with van der Waals surface area (Å²) in [7, 11) is 2.91. The number of amides is 2. The summed E-state index contributed by atoms with van der Waals surface area (Å²) in [6.07, 6.45) is 0. The molecule has 4 aromatic carbocycles. The smallest absolute Gasteiger partial charge is 0.256 e. The molecule has 4 nitrogen and oxygen atoms in total. The summed E-state index contributed by atoms with van der Waals surface area (Å²) in [4.78, 5) is 27.5. The second-order valence-electron chi connectivity index (χ2n) is 7.80. The average Bonchev–Trinajstić information content (AvgIpc) is 2.86. The van der Waals surface area contributed by atoms with Crippen LogP contribution in [0.3, 0.4) is 0 Å². The molecule has 0 bridgehead atoms. The van der Waals surface area contributed by atoms with E-state index < -0.39 is 0 Å². The second kappa shape index (κ2) is 11.1. The summed E-state index contributed by atoms with van der Waals surface area (Å²) in [5, 5.41) is 5.92. The largest absolute Gasteiger partial charge is 0.322 e. The molecule has 0 aliphatic rings. The monoisotopic (exact) mass is 484 g/mol. The summed E-state index contributed by atoms with van der Waals surface area (Å²) in [5.74, 6) is -0.337. The van der Waals surface area contributed by atoms with E-state index in [1.807, 2.05) is 111 Å². The highest BCUT2D eigenvalue weighted by molar-refractivity contribution is 8.76. The Morgan fingerprint density at radius 2 is 0.882 bits per heavy atom. The lowest BCUT2D eigenvalue weighted by molar-refractivity contribution is 0.101. The predicted molar refractivity (Wildman–Crippen MR) is 143 cm³/mol. The van der Waals surface area contributed by atoms with Gasteiger partial charge in [0.05, 0.1) is 11.1 Å². The molecule has 34 heavy (non-hydrogen) atoms. The Morgan fingerprint density at radius 3 is 1.26 bits per heavy atom. The number of benzene rings is 4. The molecule has 4 rings (SSSR count). The van der Waals surface area contributed by atoms with Gasteiger partial charge in [0.1, 0.15) is 0 Å². The molecule has 2 amide bonds. The lowest BCUT2D eigenvalue weighted by atomic mass is 10.2. The fraction of sp³-hybridized carbons (Fsp3) is 0.0714. The number of hydrogen-bond acceptors (Lipinski definition) is 4. The molecule has 6 heteroatoms. The SMILES string of the molecule is Cc1ccc(NC(=O)c2ccccc2SSc2ccccc2C(=O)Nc2ccc(C)cc2)cc1. The third kappa shape index (κ3) is 6.10. The summed E-state index contributed by atoms with van der Waals surface area (Å²) in [6, 6.07) is 30.4. The number of carbonyl (C=O) groups excluding carboxylic acids is 2. The van der Waals surface area contributed by atoms with E-state index in [-0.39, 0.29) is 11.8 Å². The maximum Gasteiger partial charge on any atom is 0.256 e. The van der Waals surface area contributed by atoms with Gasteiger partial charge < -0.3 is 10.6 Å². The Labute approximate surface area is 207 Å². The molecular weight excluding hydrogens is 460 g/mol. The van der Waals surface area contributed by atoms with Crippen molar-refractivity contribution in [3.05, 3.63) is 119 Å². The van der Waals surface area contributed by atoms with Crippen LogP contribution in [0, 0.1) is 13.8 Å². The van der Waals surface area contributed by atoms with Gasteiger partial charge in [-0.3, -0.25) is 9.59 Å². The minimum Gasteiger partial charge on any atom is -0.322 e. The van der Waals surface area contributed by atoms with E-state index >= 15 is 0 Å². The van der Waals surface area contributed by atoms with E-state index in [9.17, 15) is 9.59 Å². The van der Waals surface area contributed by atoms with E-state index in [2.05, 4.69) is 10.6 Å². The molecule has 0 aliphatic carbocycles. The average molecular weight is 485 g/mol. The zero-order chi connectivity index (χ0) is 23.9. The quantitative estimate of drug-likeness (QED) is 0.265. The molecule has 0 radical (unpaired) electrons. The van der Waals surface area contributed by atoms with Crippen LogP contribution in [0.1, 0.15) is 31.8 Å². The number of nitrogens with one attached hydrogen (secondary N) is 2. The van der Waals surface area contributed by atoms with Gasteiger partial charge in [-0.1, -0.05) is 81.2 Å². The zero-order valence-corrected chi connectivity index (χ0v) is 20.5. The Bertz CT molecular complexity index is 1200. The van der Waals surface area contributed by atoms with Crippen molar-refractivity contribution < 1.29 is 9.59 Å². The van der Waals surface area contributed by atoms with Gasteiger partial charge >= 0.3 is 0 Å². The molecule has 4 aromatic rings. The summed E-state index contributed by atoms with van der Waals surface area (Å²) < 4.78 is 0. The molecule has 0 unspecified atom stereocenters. The number of hydrogen-bond donors (Lipinski definition) is 2. The molecule has 0 spiro atoms. The molecule has 0 saturated carbocycles. The van der Waals surface area contributed by atoms with E-state index in [4.69, 9.17) is 0 Å². The van der Waals surface area contributed by atoms with Crippen molar-refractivity contribution >= 4 is 44.8 Å². The van der Waals surface area contributed by atoms with Crippen LogP contribution < -0.4 is 10.6 Å². The number of aryl methyl sites for hydroxylation is 2. The van der Waals surface area contributed by atoms with Crippen molar-refractivity contribution in [1.82, 2.24) is 0 Å². The summed E-state index contributed by atoms with van der Waals surface area (Å²) in [5.41, 5.74) is 4.94. The van der Waals surface area contributed by atoms with Gasteiger partial charge in [0, 0.05) is 21.2 Å². The highest BCUT2D eigenvalue weighted by atomic mass is 33.1. The van der Waals surface area contributed by atoms with E-state index in [0.29, 0.717) is 11.1 Å². The van der Waals surface area contributed by atoms with Crippen LogP contribution in [0.15, 0.2) is 107 Å². The van der Waals surface area contributed by atoms with Gasteiger partial charge in [0.2, 0.25) is 0 Å². The van der Waals surface area contributed by atoms with Crippen molar-refractivity contribution in [1.29, 1.82) is 0 Å². The number of rotatable bonds is 7. The minimum absolute atomic E-state index is 0.169. The Hall–Kier alpha value is -3.48. The Balaban J connectivity index is 1.48. The topological polar surface area (TPSA) is 58.2 Å². The van der Waals surface area contributed by atoms with Crippen molar-refractivity contribution in [3.63, 3.8) is 0 Å². The summed E-state index contributed by atoms with van der Waals surface area (Å²) in [6.45, 7) is 4.02. The first-order valence-corrected chi connectivity index (χ1v) is 12.9. The van der Waals surface area contributed by atoms with Gasteiger partial charge in [0.15, 0.2) is 0 Å². The molecular formula is C28H24N2O2S2. The normalized spacial score (nSPS) is 10.5. The van der Waals surface area contributed by atoms with Gasteiger partial charge in [-0.05, 0) is 62.4 Å². The maximum absolute atomic E-state index is 12.9. The van der Waals surface area contributed by atoms with Gasteiger partial charge in [0.25, 0.3) is 11.8 Å². The zero-order valence-electron chi connectivity index (χ0n) is 18.9. The fourth-order valence-electron chi connectivity index (χ4n) is 3.21. The third-order valence-corrected chi connectivity index (χ3v) is 7.59. The minimum atomic E-state index is -0.169. The number of carbonyl (C=O) groups is 2. The van der Waals surface area contributed by atoms with Gasteiger partial charge in [-0.15, -0.1) is 0 Å². The highest BCUT2D eigenvalue weighted by Crippen LogP contribution is 2.40. The molecule has 2 N–H and O–H groups in total. The van der Waals surface area contributed by atoms with Gasteiger partial charge in [-0.25, -0.2) is 0 Å². The molecule has 0 heterocycles. The molecule has 0 atom stereocenters. The van der Waals surface area contributed by atoms with Crippen molar-refractivity contribution in [2.24, 2.45) is 0 Å². The second-order valence-corrected chi connectivity index (χ2v) is 10.0. The lowest BCUT2D eigenvalue weighted by Gasteiger charge is -2.12.